The van der Waals surface area contributed by atoms with Crippen LogP contribution in [-0.4, -0.2) is 18.4 Å². The van der Waals surface area contributed by atoms with Crippen LogP contribution in [-0.2, 0) is 4.79 Å². The van der Waals surface area contributed by atoms with E-state index >= 15 is 0 Å². The minimum Gasteiger partial charge on any atom is -0.313 e. The first-order valence-electron chi connectivity index (χ1n) is 6.57. The first kappa shape index (κ1) is 11.1. The second kappa shape index (κ2) is 5.11. The molecule has 0 spiro atoms. The fourth-order valence-electron chi connectivity index (χ4n) is 3.12. The van der Waals surface area contributed by atoms with E-state index in [9.17, 15) is 4.79 Å². The summed E-state index contributed by atoms with van der Waals surface area (Å²) in [6.45, 7) is 3.37. The fourth-order valence-corrected chi connectivity index (χ4v) is 3.12. The fraction of sp³-hybridized carbons (Fsp3) is 0.923. The molecule has 1 N–H and O–H groups in total. The van der Waals surface area contributed by atoms with Gasteiger partial charge in [0.1, 0.15) is 5.78 Å². The maximum Gasteiger partial charge on any atom is 0.137 e. The molecule has 2 nitrogen and oxygen atoms in total. The zero-order chi connectivity index (χ0) is 10.7. The first-order valence-corrected chi connectivity index (χ1v) is 6.57. The number of hydrogen-bond acceptors (Lipinski definition) is 2. The molecule has 2 fully saturated rings. The van der Waals surface area contributed by atoms with Gasteiger partial charge < -0.3 is 5.32 Å². The highest BCUT2D eigenvalue weighted by Gasteiger charge is 2.34. The summed E-state index contributed by atoms with van der Waals surface area (Å²) in [6, 6.07) is 0.501. The van der Waals surface area contributed by atoms with Gasteiger partial charge in [0.25, 0.3) is 0 Å². The lowest BCUT2D eigenvalue weighted by molar-refractivity contribution is -0.127. The van der Waals surface area contributed by atoms with Crippen LogP contribution in [0.3, 0.4) is 0 Å². The molecule has 1 aliphatic carbocycles. The summed E-state index contributed by atoms with van der Waals surface area (Å²) in [5.74, 6) is 1.67. The van der Waals surface area contributed by atoms with Crippen molar-refractivity contribution in [2.24, 2.45) is 11.8 Å². The lowest BCUT2D eigenvalue weighted by atomic mass is 9.74. The maximum atomic E-state index is 11.9. The van der Waals surface area contributed by atoms with Crippen molar-refractivity contribution in [1.82, 2.24) is 5.32 Å². The zero-order valence-corrected chi connectivity index (χ0v) is 9.80. The quantitative estimate of drug-likeness (QED) is 0.757. The topological polar surface area (TPSA) is 29.1 Å². The average molecular weight is 209 g/mol. The molecule has 15 heavy (non-hydrogen) atoms. The van der Waals surface area contributed by atoms with E-state index in [-0.39, 0.29) is 0 Å². The molecule has 1 saturated carbocycles. The number of carbonyl (C=O) groups excluding carboxylic acids is 1. The molecule has 1 heterocycles. The number of nitrogens with one attached hydrogen (secondary N) is 1. The van der Waals surface area contributed by atoms with Gasteiger partial charge in [0, 0.05) is 18.4 Å². The molecule has 1 saturated heterocycles. The summed E-state index contributed by atoms with van der Waals surface area (Å²) < 4.78 is 0. The number of Topliss-reactive ketones (excluding diaryl/α,β-unsaturated/α-hetero) is 1. The molecule has 0 aromatic heterocycles. The summed E-state index contributed by atoms with van der Waals surface area (Å²) in [6.07, 6.45) is 8.17. The molecule has 2 rings (SSSR count). The Labute approximate surface area is 92.8 Å². The largest absolute Gasteiger partial charge is 0.313 e. The van der Waals surface area contributed by atoms with E-state index in [0.717, 1.165) is 31.7 Å². The Morgan fingerprint density at radius 2 is 2.20 bits per heavy atom. The third-order valence-electron chi connectivity index (χ3n) is 4.21. The van der Waals surface area contributed by atoms with Crippen LogP contribution in [0.5, 0.6) is 0 Å². The van der Waals surface area contributed by atoms with Gasteiger partial charge in [-0.3, -0.25) is 4.79 Å². The Balaban J connectivity index is 1.95. The molecule has 0 amide bonds. The van der Waals surface area contributed by atoms with Gasteiger partial charge in [-0.05, 0) is 38.1 Å². The number of hydrogen-bond donors (Lipinski definition) is 1. The van der Waals surface area contributed by atoms with Crippen LogP contribution >= 0.6 is 0 Å². The highest BCUT2D eigenvalue weighted by molar-refractivity contribution is 5.82. The highest BCUT2D eigenvalue weighted by atomic mass is 16.1. The van der Waals surface area contributed by atoms with E-state index in [4.69, 9.17) is 0 Å². The molecule has 2 heteroatoms. The standard InChI is InChI=1S/C13H23NO/c1-2-10-6-7-13(15)11(9-10)12-5-3-4-8-14-12/h10-12,14H,2-9H2,1H3. The molecular weight excluding hydrogens is 186 g/mol. The summed E-state index contributed by atoms with van der Waals surface area (Å²) in [7, 11) is 0. The van der Waals surface area contributed by atoms with E-state index in [1.54, 1.807) is 0 Å². The lowest BCUT2D eigenvalue weighted by Gasteiger charge is -2.35. The molecule has 86 valence electrons. The van der Waals surface area contributed by atoms with E-state index in [1.807, 2.05) is 0 Å². The number of carbonyl (C=O) groups is 1. The second-order valence-electron chi connectivity index (χ2n) is 5.18. The van der Waals surface area contributed by atoms with Crippen molar-refractivity contribution in [1.29, 1.82) is 0 Å². The summed E-state index contributed by atoms with van der Waals surface area (Å²) in [5, 5.41) is 3.54. The van der Waals surface area contributed by atoms with E-state index in [0.29, 0.717) is 17.7 Å². The molecule has 2 aliphatic rings. The Kier molecular flexibility index (Phi) is 3.79. The van der Waals surface area contributed by atoms with Gasteiger partial charge in [-0.1, -0.05) is 19.8 Å². The summed E-state index contributed by atoms with van der Waals surface area (Å²) >= 11 is 0. The van der Waals surface area contributed by atoms with Crippen LogP contribution in [0.2, 0.25) is 0 Å². The predicted molar refractivity (Wildman–Crippen MR) is 61.8 cm³/mol. The Hall–Kier alpha value is -0.370. The van der Waals surface area contributed by atoms with E-state index in [1.165, 1.54) is 25.7 Å². The van der Waals surface area contributed by atoms with Crippen molar-refractivity contribution in [3.05, 3.63) is 0 Å². The molecule has 1 aliphatic heterocycles. The van der Waals surface area contributed by atoms with Crippen LogP contribution in [0.25, 0.3) is 0 Å². The van der Waals surface area contributed by atoms with Gasteiger partial charge in [-0.2, -0.15) is 0 Å². The molecule has 3 unspecified atom stereocenters. The SMILES string of the molecule is CCC1CCC(=O)C(C2CCCCN2)C1. The van der Waals surface area contributed by atoms with Crippen LogP contribution < -0.4 is 5.32 Å². The van der Waals surface area contributed by atoms with E-state index < -0.39 is 0 Å². The van der Waals surface area contributed by atoms with Crippen molar-refractivity contribution < 1.29 is 4.79 Å². The molecule has 0 radical (unpaired) electrons. The van der Waals surface area contributed by atoms with Crippen LogP contribution in [0, 0.1) is 11.8 Å². The normalized spacial score (nSPS) is 37.9. The minimum absolute atomic E-state index is 0.337. The predicted octanol–water partition coefficient (Wildman–Crippen LogP) is 2.52. The first-order chi connectivity index (χ1) is 7.31. The van der Waals surface area contributed by atoms with Crippen LogP contribution in [0.15, 0.2) is 0 Å². The minimum atomic E-state index is 0.337. The van der Waals surface area contributed by atoms with Gasteiger partial charge in [-0.25, -0.2) is 0 Å². The molecular formula is C13H23NO. The van der Waals surface area contributed by atoms with Crippen molar-refractivity contribution >= 4 is 5.78 Å². The van der Waals surface area contributed by atoms with E-state index in [2.05, 4.69) is 12.2 Å². The third kappa shape index (κ3) is 2.60. The number of ketones is 1. The lowest BCUT2D eigenvalue weighted by Crippen LogP contribution is -2.45. The smallest absolute Gasteiger partial charge is 0.137 e. The Morgan fingerprint density at radius 3 is 2.87 bits per heavy atom. The molecule has 0 aromatic carbocycles. The second-order valence-corrected chi connectivity index (χ2v) is 5.18. The molecule has 3 atom stereocenters. The number of rotatable bonds is 2. The zero-order valence-electron chi connectivity index (χ0n) is 9.80. The summed E-state index contributed by atoms with van der Waals surface area (Å²) in [4.78, 5) is 11.9. The number of piperidine rings is 1. The van der Waals surface area contributed by atoms with Gasteiger partial charge in [0.2, 0.25) is 0 Å². The van der Waals surface area contributed by atoms with Crippen molar-refractivity contribution in [3.8, 4) is 0 Å². The van der Waals surface area contributed by atoms with Crippen LogP contribution in [0.4, 0.5) is 0 Å². The van der Waals surface area contributed by atoms with Gasteiger partial charge >= 0.3 is 0 Å². The van der Waals surface area contributed by atoms with Gasteiger partial charge in [-0.15, -0.1) is 0 Å². The average Bonchev–Trinajstić information content (AvgIpc) is 2.31. The van der Waals surface area contributed by atoms with Crippen LogP contribution in [0.1, 0.15) is 51.9 Å². The monoisotopic (exact) mass is 209 g/mol. The Morgan fingerprint density at radius 1 is 1.33 bits per heavy atom. The van der Waals surface area contributed by atoms with Crippen molar-refractivity contribution in [2.45, 2.75) is 57.9 Å². The summed E-state index contributed by atoms with van der Waals surface area (Å²) in [5.41, 5.74) is 0. The van der Waals surface area contributed by atoms with Gasteiger partial charge in [0.15, 0.2) is 0 Å². The molecule has 0 bridgehead atoms. The Bertz CT molecular complexity index is 221. The van der Waals surface area contributed by atoms with Gasteiger partial charge in [0.05, 0.1) is 0 Å². The highest BCUT2D eigenvalue weighted by Crippen LogP contribution is 2.32. The van der Waals surface area contributed by atoms with Crippen molar-refractivity contribution in [2.75, 3.05) is 6.54 Å². The molecule has 0 aromatic rings. The third-order valence-corrected chi connectivity index (χ3v) is 4.21. The van der Waals surface area contributed by atoms with Crippen molar-refractivity contribution in [3.63, 3.8) is 0 Å². The maximum absolute atomic E-state index is 11.9.